The molecule has 1 aliphatic rings. The number of β-amino-alcohol motifs (C(OH)–C–C–N with tert-alkyl or cyclic N) is 1. The van der Waals surface area contributed by atoms with Gasteiger partial charge in [-0.1, -0.05) is 72.3 Å². The van der Waals surface area contributed by atoms with Crippen LogP contribution in [0.2, 0.25) is 5.02 Å². The quantitative estimate of drug-likeness (QED) is 0.645. The van der Waals surface area contributed by atoms with Crippen molar-refractivity contribution in [1.29, 1.82) is 0 Å². The molecule has 1 fully saturated rings. The maximum atomic E-state index is 11.2. The molecule has 0 spiro atoms. The normalized spacial score (nSPS) is 16.2. The van der Waals surface area contributed by atoms with Gasteiger partial charge in [0, 0.05) is 49.4 Å². The molecule has 0 radical (unpaired) electrons. The number of anilines is 1. The summed E-state index contributed by atoms with van der Waals surface area (Å²) in [5.74, 6) is -0.0216. The van der Waals surface area contributed by atoms with E-state index < -0.39 is 6.10 Å². The molecule has 3 aromatic carbocycles. The van der Waals surface area contributed by atoms with Crippen molar-refractivity contribution in [3.05, 3.63) is 101 Å². The Kier molecular flexibility index (Phi) is 6.50. The number of piperazine rings is 1. The highest BCUT2D eigenvalue weighted by Crippen LogP contribution is 2.29. The number of aliphatic hydroxyl groups excluding tert-OH is 1. The van der Waals surface area contributed by atoms with E-state index in [1.807, 2.05) is 48.5 Å². The van der Waals surface area contributed by atoms with Gasteiger partial charge in [0.15, 0.2) is 0 Å². The Morgan fingerprint density at radius 1 is 0.724 bits per heavy atom. The van der Waals surface area contributed by atoms with Crippen molar-refractivity contribution in [2.75, 3.05) is 37.6 Å². The smallest absolute Gasteiger partial charge is 0.0776 e. The van der Waals surface area contributed by atoms with E-state index in [2.05, 4.69) is 46.2 Å². The van der Waals surface area contributed by atoms with Gasteiger partial charge in [-0.05, 0) is 35.4 Å². The van der Waals surface area contributed by atoms with Gasteiger partial charge < -0.3 is 10.0 Å². The fourth-order valence-corrected chi connectivity index (χ4v) is 4.29. The van der Waals surface area contributed by atoms with Gasteiger partial charge in [0.2, 0.25) is 0 Å². The summed E-state index contributed by atoms with van der Waals surface area (Å²) in [5.41, 5.74) is 3.53. The lowest BCUT2D eigenvalue weighted by Gasteiger charge is -2.38. The third-order valence-electron chi connectivity index (χ3n) is 5.71. The molecule has 0 aromatic heterocycles. The van der Waals surface area contributed by atoms with Crippen LogP contribution in [-0.4, -0.2) is 48.8 Å². The van der Waals surface area contributed by atoms with Crippen LogP contribution in [0.5, 0.6) is 0 Å². The second kappa shape index (κ2) is 9.45. The Bertz CT molecular complexity index is 838. The highest BCUT2D eigenvalue weighted by atomic mass is 35.5. The molecule has 1 N–H and O–H groups in total. The van der Waals surface area contributed by atoms with Gasteiger partial charge in [-0.3, -0.25) is 4.90 Å². The number of nitrogens with zero attached hydrogens (tertiary/aromatic N) is 2. The minimum Gasteiger partial charge on any atom is -0.391 e. The number of benzene rings is 3. The van der Waals surface area contributed by atoms with E-state index in [0.717, 1.165) is 42.3 Å². The zero-order valence-corrected chi connectivity index (χ0v) is 17.2. The van der Waals surface area contributed by atoms with E-state index in [-0.39, 0.29) is 5.92 Å². The molecule has 29 heavy (non-hydrogen) atoms. The predicted octanol–water partition coefficient (Wildman–Crippen LogP) is 4.66. The molecule has 1 saturated heterocycles. The van der Waals surface area contributed by atoms with Gasteiger partial charge in [0.05, 0.1) is 6.10 Å². The Hall–Kier alpha value is -2.33. The highest BCUT2D eigenvalue weighted by molar-refractivity contribution is 6.30. The van der Waals surface area contributed by atoms with E-state index in [1.165, 1.54) is 5.69 Å². The van der Waals surface area contributed by atoms with Crippen LogP contribution >= 0.6 is 11.6 Å². The summed E-state index contributed by atoms with van der Waals surface area (Å²) >= 11 is 6.01. The van der Waals surface area contributed by atoms with Crippen molar-refractivity contribution >= 4 is 17.3 Å². The molecular weight excluding hydrogens is 380 g/mol. The SMILES string of the molecule is OC(CN1CCN(c2ccc(Cl)cc2)CC1)C(c1ccccc1)c1ccccc1. The zero-order valence-electron chi connectivity index (χ0n) is 16.5. The number of hydrogen-bond acceptors (Lipinski definition) is 3. The van der Waals surface area contributed by atoms with Crippen molar-refractivity contribution < 1.29 is 5.11 Å². The van der Waals surface area contributed by atoms with E-state index in [9.17, 15) is 5.11 Å². The first-order valence-corrected chi connectivity index (χ1v) is 10.6. The monoisotopic (exact) mass is 406 g/mol. The molecule has 3 aromatic rings. The van der Waals surface area contributed by atoms with Crippen molar-refractivity contribution in [1.82, 2.24) is 4.90 Å². The fraction of sp³-hybridized carbons (Fsp3) is 0.280. The van der Waals surface area contributed by atoms with Crippen LogP contribution < -0.4 is 4.90 Å². The summed E-state index contributed by atoms with van der Waals surface area (Å²) in [4.78, 5) is 4.75. The zero-order chi connectivity index (χ0) is 20.1. The molecule has 1 aliphatic heterocycles. The summed E-state index contributed by atoms with van der Waals surface area (Å²) in [7, 11) is 0. The minimum absolute atomic E-state index is 0.0216. The second-order valence-electron chi connectivity index (χ2n) is 7.63. The fourth-order valence-electron chi connectivity index (χ4n) is 4.17. The molecule has 150 valence electrons. The lowest BCUT2D eigenvalue weighted by Crippen LogP contribution is -2.49. The topological polar surface area (TPSA) is 26.7 Å². The first-order valence-electron chi connectivity index (χ1n) is 10.2. The molecular formula is C25H27ClN2O. The van der Waals surface area contributed by atoms with Gasteiger partial charge in [-0.25, -0.2) is 0 Å². The Labute approximate surface area is 178 Å². The van der Waals surface area contributed by atoms with Crippen molar-refractivity contribution in [3.63, 3.8) is 0 Å². The van der Waals surface area contributed by atoms with Gasteiger partial charge in [0.1, 0.15) is 0 Å². The predicted molar refractivity (Wildman–Crippen MR) is 121 cm³/mol. The Balaban J connectivity index is 1.42. The lowest BCUT2D eigenvalue weighted by atomic mass is 9.86. The van der Waals surface area contributed by atoms with E-state index in [1.54, 1.807) is 0 Å². The Morgan fingerprint density at radius 3 is 1.76 bits per heavy atom. The van der Waals surface area contributed by atoms with E-state index in [4.69, 9.17) is 11.6 Å². The summed E-state index contributed by atoms with van der Waals surface area (Å²) < 4.78 is 0. The van der Waals surface area contributed by atoms with Gasteiger partial charge in [-0.15, -0.1) is 0 Å². The molecule has 1 atom stereocenters. The maximum Gasteiger partial charge on any atom is 0.0776 e. The molecule has 4 rings (SSSR count). The summed E-state index contributed by atoms with van der Waals surface area (Å²) in [6.07, 6.45) is -0.457. The standard InChI is InChI=1S/C25H27ClN2O/c26-22-11-13-23(14-12-22)28-17-15-27(16-18-28)19-24(29)25(20-7-3-1-4-8-20)21-9-5-2-6-10-21/h1-14,24-25,29H,15-19H2. The van der Waals surface area contributed by atoms with Crippen LogP contribution in [0.4, 0.5) is 5.69 Å². The van der Waals surface area contributed by atoms with Crippen molar-refractivity contribution in [2.24, 2.45) is 0 Å². The largest absolute Gasteiger partial charge is 0.391 e. The molecule has 0 bridgehead atoms. The highest BCUT2D eigenvalue weighted by Gasteiger charge is 2.26. The van der Waals surface area contributed by atoms with Crippen LogP contribution in [0.3, 0.4) is 0 Å². The third-order valence-corrected chi connectivity index (χ3v) is 5.96. The molecule has 4 heteroatoms. The number of hydrogen-bond donors (Lipinski definition) is 1. The minimum atomic E-state index is -0.457. The van der Waals surface area contributed by atoms with Crippen LogP contribution in [0.1, 0.15) is 17.0 Å². The van der Waals surface area contributed by atoms with Crippen LogP contribution in [0.15, 0.2) is 84.9 Å². The summed E-state index contributed by atoms with van der Waals surface area (Å²) in [6.45, 7) is 4.46. The van der Waals surface area contributed by atoms with Gasteiger partial charge >= 0.3 is 0 Å². The second-order valence-corrected chi connectivity index (χ2v) is 8.07. The van der Waals surface area contributed by atoms with Crippen LogP contribution in [-0.2, 0) is 0 Å². The Morgan fingerprint density at radius 2 is 1.24 bits per heavy atom. The maximum absolute atomic E-state index is 11.2. The first-order chi connectivity index (χ1) is 14.2. The van der Waals surface area contributed by atoms with Crippen LogP contribution in [0.25, 0.3) is 0 Å². The summed E-state index contributed by atoms with van der Waals surface area (Å²) in [6, 6.07) is 28.7. The van der Waals surface area contributed by atoms with Gasteiger partial charge in [-0.2, -0.15) is 0 Å². The van der Waals surface area contributed by atoms with Crippen molar-refractivity contribution in [3.8, 4) is 0 Å². The lowest BCUT2D eigenvalue weighted by molar-refractivity contribution is 0.0962. The molecule has 1 unspecified atom stereocenters. The molecule has 0 amide bonds. The van der Waals surface area contributed by atoms with Crippen LogP contribution in [0, 0.1) is 0 Å². The first kappa shape index (κ1) is 20.0. The summed E-state index contributed by atoms with van der Waals surface area (Å²) in [5, 5.41) is 12.0. The number of rotatable bonds is 6. The average Bonchev–Trinajstić information content (AvgIpc) is 2.77. The molecule has 0 saturated carbocycles. The number of halogens is 1. The van der Waals surface area contributed by atoms with E-state index >= 15 is 0 Å². The van der Waals surface area contributed by atoms with E-state index in [0.29, 0.717) is 6.54 Å². The van der Waals surface area contributed by atoms with Crippen molar-refractivity contribution in [2.45, 2.75) is 12.0 Å². The number of aliphatic hydroxyl groups is 1. The molecule has 3 nitrogen and oxygen atoms in total. The van der Waals surface area contributed by atoms with Gasteiger partial charge in [0.25, 0.3) is 0 Å². The third kappa shape index (κ3) is 4.99. The average molecular weight is 407 g/mol. The molecule has 1 heterocycles. The molecule has 0 aliphatic carbocycles.